The van der Waals surface area contributed by atoms with Crippen molar-refractivity contribution >= 4 is 0 Å². The SMILES string of the molecule is C=CC(NC)C(C)OC. The van der Waals surface area contributed by atoms with Crippen LogP contribution in [0, 0.1) is 0 Å². The zero-order chi connectivity index (χ0) is 7.28. The van der Waals surface area contributed by atoms with Crippen LogP contribution in [0.15, 0.2) is 12.7 Å². The van der Waals surface area contributed by atoms with Gasteiger partial charge in [0.2, 0.25) is 0 Å². The number of hydrogen-bond donors (Lipinski definition) is 1. The Morgan fingerprint density at radius 2 is 2.22 bits per heavy atom. The van der Waals surface area contributed by atoms with Crippen molar-refractivity contribution in [1.29, 1.82) is 0 Å². The first-order valence-electron chi connectivity index (χ1n) is 3.08. The molecule has 0 radical (unpaired) electrons. The maximum Gasteiger partial charge on any atom is 0.0731 e. The fourth-order valence-corrected chi connectivity index (χ4v) is 0.691. The van der Waals surface area contributed by atoms with E-state index in [1.54, 1.807) is 7.11 Å². The molecule has 2 unspecified atom stereocenters. The average molecular weight is 129 g/mol. The van der Waals surface area contributed by atoms with Gasteiger partial charge in [-0.2, -0.15) is 0 Å². The maximum absolute atomic E-state index is 5.06. The number of hydrogen-bond acceptors (Lipinski definition) is 2. The summed E-state index contributed by atoms with van der Waals surface area (Å²) in [5.74, 6) is 0. The monoisotopic (exact) mass is 129 g/mol. The molecule has 0 aromatic carbocycles. The van der Waals surface area contributed by atoms with Gasteiger partial charge >= 0.3 is 0 Å². The Labute approximate surface area is 56.9 Å². The molecule has 0 spiro atoms. The highest BCUT2D eigenvalue weighted by Gasteiger charge is 2.08. The summed E-state index contributed by atoms with van der Waals surface area (Å²) in [5, 5.41) is 3.06. The molecule has 1 N–H and O–H groups in total. The topological polar surface area (TPSA) is 21.3 Å². The van der Waals surface area contributed by atoms with E-state index in [9.17, 15) is 0 Å². The summed E-state index contributed by atoms with van der Waals surface area (Å²) in [6, 6.07) is 0.259. The van der Waals surface area contributed by atoms with Crippen LogP contribution in [-0.4, -0.2) is 26.3 Å². The molecule has 54 valence electrons. The van der Waals surface area contributed by atoms with Gasteiger partial charge in [0.05, 0.1) is 12.1 Å². The van der Waals surface area contributed by atoms with E-state index in [1.807, 2.05) is 20.0 Å². The zero-order valence-corrected chi connectivity index (χ0v) is 6.35. The van der Waals surface area contributed by atoms with E-state index < -0.39 is 0 Å². The summed E-state index contributed by atoms with van der Waals surface area (Å²) in [7, 11) is 3.58. The Hall–Kier alpha value is -0.340. The molecule has 0 aliphatic heterocycles. The summed E-state index contributed by atoms with van der Waals surface area (Å²) in [6.07, 6.45) is 2.04. The Morgan fingerprint density at radius 1 is 1.67 bits per heavy atom. The van der Waals surface area contributed by atoms with Crippen molar-refractivity contribution in [2.24, 2.45) is 0 Å². The van der Waals surface area contributed by atoms with Crippen molar-refractivity contribution in [3.63, 3.8) is 0 Å². The lowest BCUT2D eigenvalue weighted by molar-refractivity contribution is 0.0995. The highest BCUT2D eigenvalue weighted by Crippen LogP contribution is 1.96. The number of methoxy groups -OCH3 is 1. The van der Waals surface area contributed by atoms with Crippen molar-refractivity contribution in [3.05, 3.63) is 12.7 Å². The van der Waals surface area contributed by atoms with Crippen LogP contribution in [0.4, 0.5) is 0 Å². The number of nitrogens with one attached hydrogen (secondary N) is 1. The molecule has 9 heavy (non-hydrogen) atoms. The minimum atomic E-state index is 0.201. The lowest BCUT2D eigenvalue weighted by Crippen LogP contribution is -2.34. The number of likely N-dealkylation sites (N-methyl/N-ethyl adjacent to an activating group) is 1. The third-order valence-corrected chi connectivity index (χ3v) is 1.46. The molecular formula is C7H15NO. The van der Waals surface area contributed by atoms with Crippen LogP contribution in [0.3, 0.4) is 0 Å². The standard InChI is InChI=1S/C7H15NO/c1-5-7(8-3)6(2)9-4/h5-8H,1H2,2-4H3. The molecule has 0 rings (SSSR count). The molecule has 0 aliphatic rings. The van der Waals surface area contributed by atoms with Crippen LogP contribution in [0.1, 0.15) is 6.92 Å². The second-order valence-corrected chi connectivity index (χ2v) is 1.99. The van der Waals surface area contributed by atoms with Crippen molar-refractivity contribution in [2.45, 2.75) is 19.1 Å². The van der Waals surface area contributed by atoms with Gasteiger partial charge in [-0.3, -0.25) is 0 Å². The molecule has 2 atom stereocenters. The van der Waals surface area contributed by atoms with Gasteiger partial charge in [0.1, 0.15) is 0 Å². The largest absolute Gasteiger partial charge is 0.380 e. The van der Waals surface area contributed by atoms with E-state index in [0.717, 1.165) is 0 Å². The molecule has 0 fully saturated rings. The summed E-state index contributed by atoms with van der Waals surface area (Å²) >= 11 is 0. The van der Waals surface area contributed by atoms with E-state index in [1.165, 1.54) is 0 Å². The van der Waals surface area contributed by atoms with Gasteiger partial charge in [-0.25, -0.2) is 0 Å². The number of ether oxygens (including phenoxy) is 1. The Morgan fingerprint density at radius 3 is 2.33 bits per heavy atom. The maximum atomic E-state index is 5.06. The molecule has 0 saturated heterocycles. The van der Waals surface area contributed by atoms with Crippen molar-refractivity contribution in [3.8, 4) is 0 Å². The molecule has 0 bridgehead atoms. The summed E-state index contributed by atoms with van der Waals surface area (Å²) in [6.45, 7) is 5.66. The van der Waals surface area contributed by atoms with Crippen LogP contribution < -0.4 is 5.32 Å². The van der Waals surface area contributed by atoms with E-state index in [4.69, 9.17) is 4.74 Å². The molecule has 2 heteroatoms. The van der Waals surface area contributed by atoms with Crippen LogP contribution >= 0.6 is 0 Å². The third kappa shape index (κ3) is 2.63. The highest BCUT2D eigenvalue weighted by atomic mass is 16.5. The molecule has 0 aliphatic carbocycles. The molecule has 2 nitrogen and oxygen atoms in total. The summed E-state index contributed by atoms with van der Waals surface area (Å²) in [4.78, 5) is 0. The second-order valence-electron chi connectivity index (χ2n) is 1.99. The molecular weight excluding hydrogens is 114 g/mol. The molecule has 0 aromatic rings. The lowest BCUT2D eigenvalue weighted by atomic mass is 10.2. The highest BCUT2D eigenvalue weighted by molar-refractivity contribution is 4.88. The molecule has 0 amide bonds. The Kier molecular flexibility index (Phi) is 4.36. The fourth-order valence-electron chi connectivity index (χ4n) is 0.691. The summed E-state index contributed by atoms with van der Waals surface area (Å²) in [5.41, 5.74) is 0. The van der Waals surface area contributed by atoms with Crippen LogP contribution in [0.25, 0.3) is 0 Å². The van der Waals surface area contributed by atoms with E-state index in [0.29, 0.717) is 0 Å². The van der Waals surface area contributed by atoms with Gasteiger partial charge < -0.3 is 10.1 Å². The van der Waals surface area contributed by atoms with Gasteiger partial charge in [-0.05, 0) is 14.0 Å². The quantitative estimate of drug-likeness (QED) is 0.567. The first-order chi connectivity index (χ1) is 4.26. The van der Waals surface area contributed by atoms with Crippen molar-refractivity contribution in [2.75, 3.05) is 14.2 Å². The van der Waals surface area contributed by atoms with Gasteiger partial charge in [-0.1, -0.05) is 6.08 Å². The van der Waals surface area contributed by atoms with Gasteiger partial charge in [-0.15, -0.1) is 6.58 Å². The Balaban J connectivity index is 3.63. The normalized spacial score (nSPS) is 16.8. The lowest BCUT2D eigenvalue weighted by Gasteiger charge is -2.17. The van der Waals surface area contributed by atoms with Crippen molar-refractivity contribution < 1.29 is 4.74 Å². The summed E-state index contributed by atoms with van der Waals surface area (Å²) < 4.78 is 5.06. The predicted molar refractivity (Wildman–Crippen MR) is 39.5 cm³/mol. The van der Waals surface area contributed by atoms with E-state index in [2.05, 4.69) is 11.9 Å². The minimum absolute atomic E-state index is 0.201. The Bertz CT molecular complexity index is 83.0. The smallest absolute Gasteiger partial charge is 0.0731 e. The van der Waals surface area contributed by atoms with Gasteiger partial charge in [0, 0.05) is 7.11 Å². The molecule has 0 aromatic heterocycles. The number of rotatable bonds is 4. The molecule has 0 heterocycles. The van der Waals surface area contributed by atoms with Crippen molar-refractivity contribution in [1.82, 2.24) is 5.32 Å². The molecule has 0 saturated carbocycles. The van der Waals surface area contributed by atoms with Crippen LogP contribution in [0.5, 0.6) is 0 Å². The van der Waals surface area contributed by atoms with E-state index in [-0.39, 0.29) is 12.1 Å². The fraction of sp³-hybridized carbons (Fsp3) is 0.714. The first kappa shape index (κ1) is 8.66. The van der Waals surface area contributed by atoms with Crippen LogP contribution in [0.2, 0.25) is 0 Å². The predicted octanol–water partition coefficient (Wildman–Crippen LogP) is 0.795. The van der Waals surface area contributed by atoms with Gasteiger partial charge in [0.25, 0.3) is 0 Å². The van der Waals surface area contributed by atoms with Crippen LogP contribution in [-0.2, 0) is 4.74 Å². The minimum Gasteiger partial charge on any atom is -0.380 e. The average Bonchev–Trinajstić information content (AvgIpc) is 1.90. The first-order valence-corrected chi connectivity index (χ1v) is 3.08. The zero-order valence-electron chi connectivity index (χ0n) is 6.35. The second kappa shape index (κ2) is 4.53. The third-order valence-electron chi connectivity index (χ3n) is 1.46. The van der Waals surface area contributed by atoms with Gasteiger partial charge in [0.15, 0.2) is 0 Å². The van der Waals surface area contributed by atoms with E-state index >= 15 is 0 Å².